The van der Waals surface area contributed by atoms with E-state index in [1.165, 1.54) is 0 Å². The van der Waals surface area contributed by atoms with Crippen LogP contribution in [-0.2, 0) is 17.8 Å². The van der Waals surface area contributed by atoms with Gasteiger partial charge in [-0.25, -0.2) is 0 Å². The van der Waals surface area contributed by atoms with Crippen LogP contribution in [0.2, 0.25) is 0 Å². The zero-order chi connectivity index (χ0) is 12.1. The highest BCUT2D eigenvalue weighted by molar-refractivity contribution is 5.53. The molecule has 1 unspecified atom stereocenters. The Bertz CT molecular complexity index is 364. The van der Waals surface area contributed by atoms with Crippen molar-refractivity contribution in [2.75, 3.05) is 13.1 Å². The molecule has 2 heterocycles. The van der Waals surface area contributed by atoms with Crippen molar-refractivity contribution in [2.24, 2.45) is 5.92 Å². The van der Waals surface area contributed by atoms with E-state index in [2.05, 4.69) is 22.0 Å². The number of likely N-dealkylation sites (tertiary alicyclic amines) is 1. The van der Waals surface area contributed by atoms with E-state index in [4.69, 9.17) is 4.52 Å². The molecular weight excluding hydrogens is 218 g/mol. The van der Waals surface area contributed by atoms with Gasteiger partial charge in [0.25, 0.3) is 0 Å². The van der Waals surface area contributed by atoms with E-state index < -0.39 is 0 Å². The fraction of sp³-hybridized carbons (Fsp3) is 0.750. The largest absolute Gasteiger partial charge is 0.339 e. The van der Waals surface area contributed by atoms with Gasteiger partial charge in [0.15, 0.2) is 5.82 Å². The molecule has 0 aliphatic carbocycles. The van der Waals surface area contributed by atoms with Crippen molar-refractivity contribution in [3.8, 4) is 0 Å². The number of aldehydes is 1. The Kier molecular flexibility index (Phi) is 4.25. The van der Waals surface area contributed by atoms with Gasteiger partial charge in [-0.3, -0.25) is 4.90 Å². The van der Waals surface area contributed by atoms with E-state index in [1.807, 2.05) is 0 Å². The second-order valence-corrected chi connectivity index (χ2v) is 4.63. The minimum absolute atomic E-state index is 0.172. The van der Waals surface area contributed by atoms with Crippen molar-refractivity contribution >= 4 is 6.29 Å². The molecular formula is C12H19N3O2. The molecule has 0 N–H and O–H groups in total. The highest BCUT2D eigenvalue weighted by Gasteiger charge is 2.20. The molecule has 1 atom stereocenters. The van der Waals surface area contributed by atoms with Crippen molar-refractivity contribution in [3.63, 3.8) is 0 Å². The molecule has 0 radical (unpaired) electrons. The van der Waals surface area contributed by atoms with E-state index in [9.17, 15) is 4.79 Å². The Labute approximate surface area is 101 Å². The fourth-order valence-corrected chi connectivity index (χ4v) is 2.22. The molecule has 1 aromatic heterocycles. The summed E-state index contributed by atoms with van der Waals surface area (Å²) < 4.78 is 5.14. The Hall–Kier alpha value is -1.23. The van der Waals surface area contributed by atoms with E-state index in [0.717, 1.165) is 50.9 Å². The van der Waals surface area contributed by atoms with Gasteiger partial charge in [0.1, 0.15) is 6.29 Å². The lowest BCUT2D eigenvalue weighted by Crippen LogP contribution is -2.35. The molecule has 0 saturated carbocycles. The van der Waals surface area contributed by atoms with Gasteiger partial charge in [-0.15, -0.1) is 0 Å². The average molecular weight is 237 g/mol. The molecule has 1 fully saturated rings. The Morgan fingerprint density at radius 3 is 3.24 bits per heavy atom. The lowest BCUT2D eigenvalue weighted by molar-refractivity contribution is -0.112. The second kappa shape index (κ2) is 5.91. The highest BCUT2D eigenvalue weighted by Crippen LogP contribution is 2.16. The summed E-state index contributed by atoms with van der Waals surface area (Å²) in [5.74, 6) is 1.62. The van der Waals surface area contributed by atoms with Crippen LogP contribution in [0.25, 0.3) is 0 Å². The Morgan fingerprint density at radius 1 is 1.59 bits per heavy atom. The summed E-state index contributed by atoms with van der Waals surface area (Å²) in [5, 5.41) is 3.96. The zero-order valence-corrected chi connectivity index (χ0v) is 10.3. The molecule has 94 valence electrons. The number of carbonyl (C=O) groups excluding carboxylic acids is 1. The summed E-state index contributed by atoms with van der Waals surface area (Å²) in [5.41, 5.74) is 0. The van der Waals surface area contributed by atoms with E-state index in [-0.39, 0.29) is 5.92 Å². The summed E-state index contributed by atoms with van der Waals surface area (Å²) in [6, 6.07) is 0. The third kappa shape index (κ3) is 3.36. The topological polar surface area (TPSA) is 59.2 Å². The summed E-state index contributed by atoms with van der Waals surface area (Å²) in [6.07, 6.45) is 4.99. The highest BCUT2D eigenvalue weighted by atomic mass is 16.5. The predicted octanol–water partition coefficient (Wildman–Crippen LogP) is 1.43. The number of piperidine rings is 1. The summed E-state index contributed by atoms with van der Waals surface area (Å²) in [7, 11) is 0. The summed E-state index contributed by atoms with van der Waals surface area (Å²) in [6.45, 7) is 4.61. The summed E-state index contributed by atoms with van der Waals surface area (Å²) in [4.78, 5) is 17.3. The SMILES string of the molecule is CCCc1nc(CN2CCCC(C=O)C2)no1. The lowest BCUT2D eigenvalue weighted by Gasteiger charge is -2.28. The van der Waals surface area contributed by atoms with Crippen molar-refractivity contribution in [3.05, 3.63) is 11.7 Å². The van der Waals surface area contributed by atoms with Crippen LogP contribution in [0, 0.1) is 5.92 Å². The molecule has 5 heteroatoms. The van der Waals surface area contributed by atoms with Gasteiger partial charge < -0.3 is 9.32 Å². The number of hydrogen-bond donors (Lipinski definition) is 0. The van der Waals surface area contributed by atoms with E-state index in [0.29, 0.717) is 12.4 Å². The fourth-order valence-electron chi connectivity index (χ4n) is 2.22. The minimum Gasteiger partial charge on any atom is -0.339 e. The van der Waals surface area contributed by atoms with Crippen LogP contribution in [0.15, 0.2) is 4.52 Å². The van der Waals surface area contributed by atoms with Gasteiger partial charge in [-0.05, 0) is 25.8 Å². The summed E-state index contributed by atoms with van der Waals surface area (Å²) >= 11 is 0. The molecule has 2 rings (SSSR count). The lowest BCUT2D eigenvalue weighted by atomic mass is 10.00. The minimum atomic E-state index is 0.172. The van der Waals surface area contributed by atoms with Crippen molar-refractivity contribution < 1.29 is 9.32 Å². The maximum absolute atomic E-state index is 10.8. The number of hydrogen-bond acceptors (Lipinski definition) is 5. The van der Waals surface area contributed by atoms with E-state index in [1.54, 1.807) is 0 Å². The third-order valence-electron chi connectivity index (χ3n) is 3.07. The molecule has 5 nitrogen and oxygen atoms in total. The van der Waals surface area contributed by atoms with Crippen LogP contribution in [-0.4, -0.2) is 34.4 Å². The maximum Gasteiger partial charge on any atom is 0.226 e. The smallest absolute Gasteiger partial charge is 0.226 e. The molecule has 1 saturated heterocycles. The first-order chi connectivity index (χ1) is 8.31. The van der Waals surface area contributed by atoms with Gasteiger partial charge >= 0.3 is 0 Å². The van der Waals surface area contributed by atoms with Crippen molar-refractivity contribution in [1.29, 1.82) is 0 Å². The second-order valence-electron chi connectivity index (χ2n) is 4.63. The quantitative estimate of drug-likeness (QED) is 0.725. The van der Waals surface area contributed by atoms with Crippen LogP contribution in [0.5, 0.6) is 0 Å². The first-order valence-electron chi connectivity index (χ1n) is 6.31. The monoisotopic (exact) mass is 237 g/mol. The first-order valence-corrected chi connectivity index (χ1v) is 6.31. The van der Waals surface area contributed by atoms with Crippen LogP contribution in [0.1, 0.15) is 37.9 Å². The molecule has 0 bridgehead atoms. The third-order valence-corrected chi connectivity index (χ3v) is 3.07. The normalized spacial score (nSPS) is 21.6. The number of nitrogens with zero attached hydrogens (tertiary/aromatic N) is 3. The number of aromatic nitrogens is 2. The molecule has 0 aromatic carbocycles. The van der Waals surface area contributed by atoms with Crippen molar-refractivity contribution in [1.82, 2.24) is 15.0 Å². The molecule has 17 heavy (non-hydrogen) atoms. The van der Waals surface area contributed by atoms with Crippen LogP contribution in [0.4, 0.5) is 0 Å². The molecule has 1 aromatic rings. The first kappa shape index (κ1) is 12.2. The standard InChI is InChI=1S/C12H19N3O2/c1-2-4-12-13-11(14-17-12)8-15-6-3-5-10(7-15)9-16/h9-10H,2-8H2,1H3. The molecule has 1 aliphatic rings. The van der Waals surface area contributed by atoms with Crippen molar-refractivity contribution in [2.45, 2.75) is 39.2 Å². The molecule has 1 aliphatic heterocycles. The van der Waals surface area contributed by atoms with Gasteiger partial charge in [-0.2, -0.15) is 4.98 Å². The number of rotatable bonds is 5. The number of carbonyl (C=O) groups is 1. The van der Waals surface area contributed by atoms with E-state index >= 15 is 0 Å². The van der Waals surface area contributed by atoms with Crippen LogP contribution >= 0.6 is 0 Å². The zero-order valence-electron chi connectivity index (χ0n) is 10.3. The Morgan fingerprint density at radius 2 is 2.47 bits per heavy atom. The molecule has 0 amide bonds. The van der Waals surface area contributed by atoms with Crippen LogP contribution < -0.4 is 0 Å². The van der Waals surface area contributed by atoms with Gasteiger partial charge in [-0.1, -0.05) is 12.1 Å². The van der Waals surface area contributed by atoms with Gasteiger partial charge in [0, 0.05) is 18.9 Å². The Balaban J connectivity index is 1.88. The molecule has 0 spiro atoms. The maximum atomic E-state index is 10.8. The predicted molar refractivity (Wildman–Crippen MR) is 62.4 cm³/mol. The van der Waals surface area contributed by atoms with Gasteiger partial charge in [0.05, 0.1) is 6.54 Å². The van der Waals surface area contributed by atoms with Crippen LogP contribution in [0.3, 0.4) is 0 Å². The average Bonchev–Trinajstić information content (AvgIpc) is 2.77. The number of aryl methyl sites for hydroxylation is 1. The van der Waals surface area contributed by atoms with Gasteiger partial charge in [0.2, 0.25) is 5.89 Å².